The number of halogens is 5. The van der Waals surface area contributed by atoms with Crippen molar-refractivity contribution < 1.29 is 50.5 Å². The normalized spacial score (nSPS) is 28.9. The summed E-state index contributed by atoms with van der Waals surface area (Å²) >= 11 is 0. The molecule has 2 amide bonds. The number of hydrogen-bond acceptors (Lipinski definition) is 8. The van der Waals surface area contributed by atoms with E-state index in [4.69, 9.17) is 9.47 Å². The summed E-state index contributed by atoms with van der Waals surface area (Å²) in [6.07, 6.45) is -5.30. The third-order valence-corrected chi connectivity index (χ3v) is 8.80. The number of carbonyl (C=O) groups excluding carboxylic acids is 3. The van der Waals surface area contributed by atoms with Crippen molar-refractivity contribution in [3.63, 3.8) is 0 Å². The number of carbonyl (C=O) groups is 3. The van der Waals surface area contributed by atoms with Crippen molar-refractivity contribution in [3.8, 4) is 11.6 Å². The maximum atomic E-state index is 15.9. The van der Waals surface area contributed by atoms with Crippen molar-refractivity contribution in [1.29, 1.82) is 0 Å². The van der Waals surface area contributed by atoms with Crippen molar-refractivity contribution in [3.05, 3.63) is 23.9 Å². The Hall–Kier alpha value is -3.78. The molecule has 15 heteroatoms. The molecule has 3 aliphatic rings. The Morgan fingerprint density at radius 2 is 1.83 bits per heavy atom. The molecule has 1 saturated carbocycles. The lowest BCUT2D eigenvalue weighted by Gasteiger charge is -2.34. The first-order chi connectivity index (χ1) is 21.5. The van der Waals surface area contributed by atoms with E-state index in [-0.39, 0.29) is 29.9 Å². The molecule has 252 valence electrons. The van der Waals surface area contributed by atoms with Crippen LogP contribution in [0.1, 0.15) is 71.9 Å². The molecule has 1 saturated heterocycles. The highest BCUT2D eigenvalue weighted by Gasteiger charge is 2.50. The summed E-state index contributed by atoms with van der Waals surface area (Å²) in [5.74, 6) is -6.02. The first-order valence-corrected chi connectivity index (χ1v) is 15.4. The van der Waals surface area contributed by atoms with Gasteiger partial charge in [-0.2, -0.15) is 8.78 Å². The number of alkyl halides is 5. The number of alkyl carbamates (subject to hydrolysis) is 1. The highest BCUT2D eigenvalue weighted by molar-refractivity contribution is 5.89. The minimum atomic E-state index is -5.00. The van der Waals surface area contributed by atoms with Gasteiger partial charge >= 0.3 is 12.5 Å². The molecule has 0 spiro atoms. The number of hydrogen-bond donors (Lipinski definition) is 1. The standard InChI is InChI=1S/C31H37F5N4O6/c1-5-18-21(15-41)40-14-23(18)44-26-24(37-19-10-9-17(13-20(19)38-26)46-31(34,35)36)30(32,33)11-7-6-8-16-12-22(16)45-28(43)39-25(27(40)42)29(2,3)4/h9-10,13,15-16,18,21-23,25H,5-8,11-12,14H2,1-4H3,(H,39,43)/t16-,18+,21-,22-,23+,25-/m1/s1. The van der Waals surface area contributed by atoms with Gasteiger partial charge in [-0.1, -0.05) is 34.1 Å². The topological polar surface area (TPSA) is 120 Å². The van der Waals surface area contributed by atoms with Gasteiger partial charge in [0.2, 0.25) is 11.8 Å². The second kappa shape index (κ2) is 12.4. The van der Waals surface area contributed by atoms with Crippen LogP contribution in [0.15, 0.2) is 18.2 Å². The molecule has 0 unspecified atom stereocenters. The molecular weight excluding hydrogens is 619 g/mol. The summed E-state index contributed by atoms with van der Waals surface area (Å²) in [7, 11) is 0. The van der Waals surface area contributed by atoms with E-state index in [0.717, 1.165) is 18.2 Å². The van der Waals surface area contributed by atoms with Crippen molar-refractivity contribution in [1.82, 2.24) is 20.2 Å². The minimum absolute atomic E-state index is 0.00129. The van der Waals surface area contributed by atoms with Gasteiger partial charge < -0.3 is 29.2 Å². The number of fused-ring (bicyclic) bond motifs is 5. The van der Waals surface area contributed by atoms with Crippen molar-refractivity contribution in [2.24, 2.45) is 17.3 Å². The smallest absolute Gasteiger partial charge is 0.471 e. The first kappa shape index (κ1) is 33.6. The third kappa shape index (κ3) is 7.27. The zero-order valence-electron chi connectivity index (χ0n) is 25.9. The fraction of sp³-hybridized carbons (Fsp3) is 0.645. The number of rotatable bonds is 3. The van der Waals surface area contributed by atoms with Crippen LogP contribution in [-0.4, -0.2) is 70.4 Å². The fourth-order valence-electron chi connectivity index (χ4n) is 6.26. The van der Waals surface area contributed by atoms with Crippen LogP contribution in [0.2, 0.25) is 0 Å². The van der Waals surface area contributed by atoms with Gasteiger partial charge in [0.15, 0.2) is 5.69 Å². The molecule has 2 aliphatic heterocycles. The van der Waals surface area contributed by atoms with Gasteiger partial charge in [-0.25, -0.2) is 14.8 Å². The van der Waals surface area contributed by atoms with E-state index >= 15 is 8.78 Å². The van der Waals surface area contributed by atoms with Crippen LogP contribution in [0, 0.1) is 17.3 Å². The molecule has 2 aromatic rings. The van der Waals surface area contributed by atoms with Crippen molar-refractivity contribution in [2.75, 3.05) is 6.54 Å². The maximum Gasteiger partial charge on any atom is 0.573 e. The summed E-state index contributed by atoms with van der Waals surface area (Å²) in [5, 5.41) is 2.67. The number of benzene rings is 1. The predicted octanol–water partition coefficient (Wildman–Crippen LogP) is 5.91. The number of nitrogens with zero attached hydrogens (tertiary/aromatic N) is 3. The average Bonchev–Trinajstić information content (AvgIpc) is 3.59. The molecule has 2 fully saturated rings. The second-order valence-electron chi connectivity index (χ2n) is 13.3. The quantitative estimate of drug-likeness (QED) is 0.320. The first-order valence-electron chi connectivity index (χ1n) is 15.4. The van der Waals surface area contributed by atoms with E-state index in [2.05, 4.69) is 20.0 Å². The van der Waals surface area contributed by atoms with Crippen LogP contribution in [0.4, 0.5) is 26.7 Å². The minimum Gasteiger partial charge on any atom is -0.471 e. The van der Waals surface area contributed by atoms with E-state index in [0.29, 0.717) is 32.0 Å². The van der Waals surface area contributed by atoms with Crippen LogP contribution in [0.25, 0.3) is 11.0 Å². The number of nitrogens with one attached hydrogen (secondary N) is 1. The largest absolute Gasteiger partial charge is 0.573 e. The highest BCUT2D eigenvalue weighted by atomic mass is 19.4. The predicted molar refractivity (Wildman–Crippen MR) is 153 cm³/mol. The number of aldehydes is 1. The fourth-order valence-corrected chi connectivity index (χ4v) is 6.26. The zero-order chi connectivity index (χ0) is 33.6. The Labute approximate surface area is 262 Å². The van der Waals surface area contributed by atoms with Gasteiger partial charge in [0.05, 0.1) is 23.6 Å². The van der Waals surface area contributed by atoms with Crippen molar-refractivity contribution >= 4 is 29.3 Å². The van der Waals surface area contributed by atoms with Gasteiger partial charge in [0.25, 0.3) is 5.92 Å². The number of amides is 2. The van der Waals surface area contributed by atoms with Crippen LogP contribution in [-0.2, 0) is 20.2 Å². The molecule has 1 N–H and O–H groups in total. The molecule has 2 bridgehead atoms. The molecular formula is C31H37F5N4O6. The van der Waals surface area contributed by atoms with Gasteiger partial charge in [-0.15, -0.1) is 13.2 Å². The molecule has 5 rings (SSSR count). The van der Waals surface area contributed by atoms with Gasteiger partial charge in [0, 0.05) is 18.4 Å². The third-order valence-electron chi connectivity index (χ3n) is 8.80. The van der Waals surface area contributed by atoms with E-state index in [9.17, 15) is 27.6 Å². The highest BCUT2D eigenvalue weighted by Crippen LogP contribution is 2.43. The lowest BCUT2D eigenvalue weighted by atomic mass is 9.85. The van der Waals surface area contributed by atoms with Gasteiger partial charge in [0.1, 0.15) is 30.3 Å². The van der Waals surface area contributed by atoms with Crippen LogP contribution >= 0.6 is 0 Å². The molecule has 0 radical (unpaired) electrons. The monoisotopic (exact) mass is 656 g/mol. The molecule has 6 atom stereocenters. The summed E-state index contributed by atoms with van der Waals surface area (Å²) in [5.41, 5.74) is -1.87. The van der Waals surface area contributed by atoms with Crippen LogP contribution < -0.4 is 14.8 Å². The second-order valence-corrected chi connectivity index (χ2v) is 13.3. The van der Waals surface area contributed by atoms with E-state index in [1.165, 1.54) is 4.90 Å². The Morgan fingerprint density at radius 3 is 2.48 bits per heavy atom. The van der Waals surface area contributed by atoms with E-state index in [1.54, 1.807) is 27.7 Å². The summed E-state index contributed by atoms with van der Waals surface area (Å²) < 4.78 is 86.0. The molecule has 1 aromatic carbocycles. The summed E-state index contributed by atoms with van der Waals surface area (Å²) in [4.78, 5) is 48.8. The molecule has 1 aromatic heterocycles. The summed E-state index contributed by atoms with van der Waals surface area (Å²) in [6.45, 7) is 6.77. The SMILES string of the molecule is CC[C@@H]1[C@@H]2CN(C(=O)[C@H](C(C)(C)C)NC(=O)O[C@@H]3C[C@H]3CCCCC(F)(F)c3nc4ccc(OC(F)(F)F)cc4nc3O2)[C@@H]1C=O. The van der Waals surface area contributed by atoms with E-state index in [1.807, 2.05) is 0 Å². The lowest BCUT2D eigenvalue weighted by molar-refractivity contribution is -0.274. The molecule has 1 aliphatic carbocycles. The maximum absolute atomic E-state index is 15.9. The Morgan fingerprint density at radius 1 is 1.09 bits per heavy atom. The van der Waals surface area contributed by atoms with Gasteiger partial charge in [-0.3, -0.25) is 4.79 Å². The molecule has 46 heavy (non-hydrogen) atoms. The number of aromatic nitrogens is 2. The Balaban J connectivity index is 1.57. The number of ether oxygens (including phenoxy) is 3. The lowest BCUT2D eigenvalue weighted by Crippen LogP contribution is -2.56. The zero-order valence-corrected chi connectivity index (χ0v) is 25.9. The average molecular weight is 657 g/mol. The van der Waals surface area contributed by atoms with Crippen LogP contribution in [0.3, 0.4) is 0 Å². The van der Waals surface area contributed by atoms with Crippen LogP contribution in [0.5, 0.6) is 11.6 Å². The summed E-state index contributed by atoms with van der Waals surface area (Å²) in [6, 6.07) is 0.861. The Kier molecular flexibility index (Phi) is 9.08. The van der Waals surface area contributed by atoms with Gasteiger partial charge in [-0.05, 0) is 49.1 Å². The van der Waals surface area contributed by atoms with Crippen molar-refractivity contribution in [2.45, 2.75) is 103 Å². The molecule has 10 nitrogen and oxygen atoms in total. The molecule has 3 heterocycles. The van der Waals surface area contributed by atoms with E-state index < -0.39 is 83.7 Å². The Bertz CT molecular complexity index is 1480.